The highest BCUT2D eigenvalue weighted by atomic mass is 35.5. The number of amides is 2. The second-order valence-electron chi connectivity index (χ2n) is 10.8. The largest absolute Gasteiger partial charge is 0.381 e. The Labute approximate surface area is 224 Å². The van der Waals surface area contributed by atoms with E-state index in [-0.39, 0.29) is 36.7 Å². The molecule has 1 aromatic heterocycles. The topological polar surface area (TPSA) is 107 Å². The van der Waals surface area contributed by atoms with Gasteiger partial charge in [-0.1, -0.05) is 31.8 Å². The SMILES string of the molecule is Cc1cc(C(N)C(=O)Nc2cc3c(cn2)C2(CCOCC2)C(=O)N3COCC[Si](C)(C)C)ccc1F.Cl. The van der Waals surface area contributed by atoms with Gasteiger partial charge in [-0.25, -0.2) is 9.37 Å². The number of carbonyl (C=O) groups is 2. The molecule has 1 aromatic carbocycles. The summed E-state index contributed by atoms with van der Waals surface area (Å²) in [5, 5.41) is 2.75. The highest BCUT2D eigenvalue weighted by Crippen LogP contribution is 2.48. The van der Waals surface area contributed by atoms with Crippen LogP contribution in [0.15, 0.2) is 30.5 Å². The number of fused-ring (bicyclic) bond motifs is 2. The molecular formula is C26H36ClFN4O4Si. The van der Waals surface area contributed by atoms with Crippen LogP contribution < -0.4 is 16.0 Å². The summed E-state index contributed by atoms with van der Waals surface area (Å²) in [5.74, 6) is -0.559. The van der Waals surface area contributed by atoms with E-state index in [4.69, 9.17) is 15.2 Å². The van der Waals surface area contributed by atoms with Gasteiger partial charge in [-0.2, -0.15) is 0 Å². The summed E-state index contributed by atoms with van der Waals surface area (Å²) < 4.78 is 25.1. The summed E-state index contributed by atoms with van der Waals surface area (Å²) in [4.78, 5) is 32.6. The fourth-order valence-corrected chi connectivity index (χ4v) is 5.43. The van der Waals surface area contributed by atoms with Crippen LogP contribution >= 0.6 is 12.4 Å². The van der Waals surface area contributed by atoms with Crippen LogP contribution in [0, 0.1) is 12.7 Å². The van der Waals surface area contributed by atoms with Crippen LogP contribution in [0.1, 0.15) is 35.6 Å². The summed E-state index contributed by atoms with van der Waals surface area (Å²) in [5.41, 5.74) is 7.89. The lowest BCUT2D eigenvalue weighted by molar-refractivity contribution is -0.127. The van der Waals surface area contributed by atoms with Crippen molar-refractivity contribution in [2.45, 2.75) is 56.9 Å². The molecule has 1 spiro atoms. The summed E-state index contributed by atoms with van der Waals surface area (Å²) in [7, 11) is -1.27. The Morgan fingerprint density at radius 1 is 1.30 bits per heavy atom. The van der Waals surface area contributed by atoms with Crippen LogP contribution in [0.4, 0.5) is 15.9 Å². The van der Waals surface area contributed by atoms with E-state index < -0.39 is 25.4 Å². The standard InChI is InChI=1S/C26H35FN4O4Si.ClH/c1-17-13-18(5-6-20(17)27)23(28)24(32)30-22-14-21-19(15-29-22)26(7-9-34-10-8-26)25(33)31(21)16-35-11-12-36(2,3)4;/h5-6,13-15,23H,7-12,16,28H2,1-4H3,(H,29,30,32);1H. The lowest BCUT2D eigenvalue weighted by atomic mass is 9.76. The summed E-state index contributed by atoms with van der Waals surface area (Å²) in [6.45, 7) is 10.2. The smallest absolute Gasteiger partial charge is 0.247 e. The van der Waals surface area contributed by atoms with E-state index in [0.29, 0.717) is 49.5 Å². The number of anilines is 2. The Morgan fingerprint density at radius 3 is 2.65 bits per heavy atom. The molecule has 1 atom stereocenters. The summed E-state index contributed by atoms with van der Waals surface area (Å²) in [6, 6.07) is 6.06. The molecule has 1 fully saturated rings. The Hall–Kier alpha value is -2.37. The maximum Gasteiger partial charge on any atom is 0.247 e. The molecule has 2 aromatic rings. The molecule has 1 saturated heterocycles. The van der Waals surface area contributed by atoms with Gasteiger partial charge in [-0.15, -0.1) is 12.4 Å². The van der Waals surface area contributed by atoms with Gasteiger partial charge in [0.2, 0.25) is 11.8 Å². The van der Waals surface area contributed by atoms with E-state index in [1.165, 1.54) is 12.1 Å². The molecule has 0 saturated carbocycles. The number of nitrogens with one attached hydrogen (secondary N) is 1. The lowest BCUT2D eigenvalue weighted by Crippen LogP contribution is -2.44. The van der Waals surface area contributed by atoms with Gasteiger partial charge in [-0.3, -0.25) is 14.5 Å². The van der Waals surface area contributed by atoms with Crippen molar-refractivity contribution in [3.8, 4) is 0 Å². The number of aryl methyl sites for hydroxylation is 1. The zero-order valence-corrected chi connectivity index (χ0v) is 23.6. The first-order valence-electron chi connectivity index (χ1n) is 12.3. The van der Waals surface area contributed by atoms with Crippen LogP contribution in [-0.2, 0) is 24.5 Å². The molecule has 2 aliphatic rings. The van der Waals surface area contributed by atoms with Gasteiger partial charge < -0.3 is 20.5 Å². The molecule has 0 aliphatic carbocycles. The highest BCUT2D eigenvalue weighted by Gasteiger charge is 2.52. The fraction of sp³-hybridized carbons (Fsp3) is 0.500. The number of pyridine rings is 1. The predicted octanol–water partition coefficient (Wildman–Crippen LogP) is 4.30. The van der Waals surface area contributed by atoms with E-state index in [0.717, 1.165) is 11.6 Å². The van der Waals surface area contributed by atoms with E-state index in [1.807, 2.05) is 0 Å². The number of benzene rings is 1. The normalized spacial score (nSPS) is 17.4. The Morgan fingerprint density at radius 2 is 2.00 bits per heavy atom. The monoisotopic (exact) mass is 550 g/mol. The van der Waals surface area contributed by atoms with Gasteiger partial charge in [0.05, 0.1) is 11.1 Å². The molecule has 2 aliphatic heterocycles. The van der Waals surface area contributed by atoms with Gasteiger partial charge in [0, 0.05) is 45.7 Å². The maximum absolute atomic E-state index is 13.6. The number of aromatic nitrogens is 1. The van der Waals surface area contributed by atoms with Crippen LogP contribution in [0.25, 0.3) is 0 Å². The highest BCUT2D eigenvalue weighted by molar-refractivity contribution is 6.76. The number of nitrogens with zero attached hydrogens (tertiary/aromatic N) is 2. The first kappa shape index (κ1) is 29.2. The summed E-state index contributed by atoms with van der Waals surface area (Å²) in [6.07, 6.45) is 2.82. The zero-order chi connectivity index (χ0) is 26.1. The predicted molar refractivity (Wildman–Crippen MR) is 146 cm³/mol. The van der Waals surface area contributed by atoms with Crippen molar-refractivity contribution in [1.82, 2.24) is 4.98 Å². The van der Waals surface area contributed by atoms with Crippen molar-refractivity contribution in [2.24, 2.45) is 5.73 Å². The van der Waals surface area contributed by atoms with Gasteiger partial charge in [0.1, 0.15) is 24.4 Å². The van der Waals surface area contributed by atoms with E-state index in [2.05, 4.69) is 29.9 Å². The minimum absolute atomic E-state index is 0. The zero-order valence-electron chi connectivity index (χ0n) is 21.8. The minimum atomic E-state index is -1.27. The molecular weight excluding hydrogens is 515 g/mol. The maximum atomic E-state index is 13.6. The first-order valence-corrected chi connectivity index (χ1v) is 16.0. The quantitative estimate of drug-likeness (QED) is 0.375. The van der Waals surface area contributed by atoms with Crippen LogP contribution in [0.3, 0.4) is 0 Å². The number of nitrogens with two attached hydrogens (primary N) is 1. The molecule has 11 heteroatoms. The lowest BCUT2D eigenvalue weighted by Gasteiger charge is -2.32. The molecule has 4 rings (SSSR count). The molecule has 202 valence electrons. The average molecular weight is 551 g/mol. The van der Waals surface area contributed by atoms with Gasteiger partial charge >= 0.3 is 0 Å². The molecule has 0 bridgehead atoms. The van der Waals surface area contributed by atoms with Crippen LogP contribution in [0.2, 0.25) is 25.7 Å². The average Bonchev–Trinajstić information content (AvgIpc) is 3.04. The van der Waals surface area contributed by atoms with Gasteiger partial charge in [-0.05, 0) is 43.0 Å². The van der Waals surface area contributed by atoms with Crippen molar-refractivity contribution >= 4 is 43.8 Å². The van der Waals surface area contributed by atoms with Crippen molar-refractivity contribution in [3.05, 3.63) is 53.0 Å². The molecule has 37 heavy (non-hydrogen) atoms. The third kappa shape index (κ3) is 6.20. The van der Waals surface area contributed by atoms with E-state index in [1.54, 1.807) is 30.2 Å². The second kappa shape index (κ2) is 11.6. The number of rotatable bonds is 8. The first-order chi connectivity index (χ1) is 17.0. The molecule has 3 N–H and O–H groups in total. The van der Waals surface area contributed by atoms with Crippen molar-refractivity contribution in [3.63, 3.8) is 0 Å². The molecule has 2 amide bonds. The number of carbonyl (C=O) groups excluding carboxylic acids is 2. The number of halogens is 2. The molecule has 1 unspecified atom stereocenters. The fourth-order valence-electron chi connectivity index (χ4n) is 4.67. The van der Waals surface area contributed by atoms with Crippen molar-refractivity contribution < 1.29 is 23.5 Å². The molecule has 8 nitrogen and oxygen atoms in total. The third-order valence-electron chi connectivity index (χ3n) is 6.98. The number of hydrogen-bond acceptors (Lipinski definition) is 6. The Balaban J connectivity index is 0.00000380. The van der Waals surface area contributed by atoms with Crippen molar-refractivity contribution in [1.29, 1.82) is 0 Å². The second-order valence-corrected chi connectivity index (χ2v) is 16.5. The molecule has 3 heterocycles. The number of ether oxygens (including phenoxy) is 2. The summed E-state index contributed by atoms with van der Waals surface area (Å²) >= 11 is 0. The van der Waals surface area contributed by atoms with E-state index in [9.17, 15) is 14.0 Å². The van der Waals surface area contributed by atoms with E-state index >= 15 is 0 Å². The third-order valence-corrected chi connectivity index (χ3v) is 8.69. The van der Waals surface area contributed by atoms with Gasteiger partial charge in [0.25, 0.3) is 0 Å². The Bertz CT molecular complexity index is 1150. The number of hydrogen-bond donors (Lipinski definition) is 2. The Kier molecular flexibility index (Phi) is 9.13. The molecule has 0 radical (unpaired) electrons. The van der Waals surface area contributed by atoms with Gasteiger partial charge in [0.15, 0.2) is 0 Å². The van der Waals surface area contributed by atoms with Crippen LogP contribution in [-0.4, -0.2) is 51.4 Å². The van der Waals surface area contributed by atoms with Crippen LogP contribution in [0.5, 0.6) is 0 Å². The minimum Gasteiger partial charge on any atom is -0.381 e. The van der Waals surface area contributed by atoms with Crippen molar-refractivity contribution in [2.75, 3.05) is 36.8 Å².